The fraction of sp³-hybridized carbons (Fsp3) is 0.778. The van der Waals surface area contributed by atoms with Crippen molar-refractivity contribution in [3.05, 3.63) is 11.6 Å². The van der Waals surface area contributed by atoms with Crippen molar-refractivity contribution in [2.24, 2.45) is 12.8 Å². The summed E-state index contributed by atoms with van der Waals surface area (Å²) in [5.74, 6) is 1.25. The second kappa shape index (κ2) is 3.67. The number of nitrogens with zero attached hydrogens (tertiary/aromatic N) is 3. The minimum Gasteiger partial charge on any atom is -0.384 e. The van der Waals surface area contributed by atoms with Crippen LogP contribution in [0.4, 0.5) is 0 Å². The van der Waals surface area contributed by atoms with Crippen LogP contribution >= 0.6 is 0 Å². The van der Waals surface area contributed by atoms with Crippen LogP contribution in [0.1, 0.15) is 38.5 Å². The van der Waals surface area contributed by atoms with Gasteiger partial charge in [-0.05, 0) is 0 Å². The zero-order valence-electron chi connectivity index (χ0n) is 9.15. The molecule has 1 atom stereocenters. The van der Waals surface area contributed by atoms with E-state index in [1.54, 1.807) is 11.7 Å². The molecule has 0 aromatic carbocycles. The Hall–Kier alpha value is -0.940. The largest absolute Gasteiger partial charge is 0.384 e. The first kappa shape index (κ1) is 11.1. The van der Waals surface area contributed by atoms with E-state index in [0.717, 1.165) is 5.82 Å². The van der Waals surface area contributed by atoms with Crippen LogP contribution in [-0.4, -0.2) is 26.4 Å². The minimum atomic E-state index is -0.733. The highest BCUT2D eigenvalue weighted by atomic mass is 16.3. The van der Waals surface area contributed by atoms with Gasteiger partial charge >= 0.3 is 0 Å². The Kier molecular flexibility index (Phi) is 2.92. The molecule has 0 aliphatic carbocycles. The number of aryl methyl sites for hydroxylation is 1. The molecule has 1 unspecified atom stereocenters. The third-order valence-electron chi connectivity index (χ3n) is 1.99. The summed E-state index contributed by atoms with van der Waals surface area (Å²) >= 11 is 0. The van der Waals surface area contributed by atoms with E-state index < -0.39 is 6.10 Å². The SMILES string of the molecule is Cn1nc(C(C)(C)C)nc1C(O)CN. The fourth-order valence-corrected chi connectivity index (χ4v) is 1.11. The summed E-state index contributed by atoms with van der Waals surface area (Å²) in [6, 6.07) is 0. The highest BCUT2D eigenvalue weighted by Gasteiger charge is 2.22. The van der Waals surface area contributed by atoms with Gasteiger partial charge in [-0.1, -0.05) is 20.8 Å². The molecule has 0 aliphatic heterocycles. The Morgan fingerprint density at radius 2 is 2.07 bits per heavy atom. The topological polar surface area (TPSA) is 77.0 Å². The Balaban J connectivity index is 3.05. The molecular formula is C9H18N4O. The molecule has 5 nitrogen and oxygen atoms in total. The summed E-state index contributed by atoms with van der Waals surface area (Å²) in [6.07, 6.45) is -0.733. The number of hydrogen-bond acceptors (Lipinski definition) is 4. The highest BCUT2D eigenvalue weighted by molar-refractivity contribution is 5.05. The molecule has 1 heterocycles. The molecule has 1 aromatic rings. The van der Waals surface area contributed by atoms with Crippen molar-refractivity contribution in [2.45, 2.75) is 32.3 Å². The lowest BCUT2D eigenvalue weighted by Gasteiger charge is -2.12. The smallest absolute Gasteiger partial charge is 0.157 e. The van der Waals surface area contributed by atoms with Gasteiger partial charge in [-0.2, -0.15) is 5.10 Å². The number of aromatic nitrogens is 3. The molecule has 0 fully saturated rings. The van der Waals surface area contributed by atoms with Crippen molar-refractivity contribution in [2.75, 3.05) is 6.54 Å². The van der Waals surface area contributed by atoms with Crippen LogP contribution in [0.2, 0.25) is 0 Å². The predicted octanol–water partition coefficient (Wildman–Crippen LogP) is 0.105. The Labute approximate surface area is 83.9 Å². The quantitative estimate of drug-likeness (QED) is 0.707. The van der Waals surface area contributed by atoms with Crippen molar-refractivity contribution in [1.29, 1.82) is 0 Å². The lowest BCUT2D eigenvalue weighted by Crippen LogP contribution is -2.16. The lowest BCUT2D eigenvalue weighted by atomic mass is 9.96. The van der Waals surface area contributed by atoms with Crippen molar-refractivity contribution < 1.29 is 5.11 Å². The summed E-state index contributed by atoms with van der Waals surface area (Å²) < 4.78 is 1.58. The summed E-state index contributed by atoms with van der Waals surface area (Å²) in [5, 5.41) is 13.8. The normalized spacial score (nSPS) is 14.4. The Morgan fingerprint density at radius 1 is 1.50 bits per heavy atom. The van der Waals surface area contributed by atoms with Gasteiger partial charge in [0.05, 0.1) is 0 Å². The summed E-state index contributed by atoms with van der Waals surface area (Å²) in [6.45, 7) is 6.25. The fourth-order valence-electron chi connectivity index (χ4n) is 1.11. The molecule has 3 N–H and O–H groups in total. The van der Waals surface area contributed by atoms with Crippen molar-refractivity contribution in [3.63, 3.8) is 0 Å². The molecule has 0 aliphatic rings. The van der Waals surface area contributed by atoms with E-state index in [4.69, 9.17) is 5.73 Å². The van der Waals surface area contributed by atoms with Crippen molar-refractivity contribution in [3.8, 4) is 0 Å². The zero-order valence-corrected chi connectivity index (χ0v) is 9.15. The lowest BCUT2D eigenvalue weighted by molar-refractivity contribution is 0.171. The molecule has 0 bridgehead atoms. The van der Waals surface area contributed by atoms with Gasteiger partial charge in [0, 0.05) is 19.0 Å². The molecule has 5 heteroatoms. The predicted molar refractivity (Wildman–Crippen MR) is 53.7 cm³/mol. The number of aliphatic hydroxyl groups excluding tert-OH is 1. The van der Waals surface area contributed by atoms with Crippen LogP contribution in [0.3, 0.4) is 0 Å². The second-order valence-electron chi connectivity index (χ2n) is 4.42. The van der Waals surface area contributed by atoms with Crippen LogP contribution in [-0.2, 0) is 12.5 Å². The van der Waals surface area contributed by atoms with Crippen molar-refractivity contribution in [1.82, 2.24) is 14.8 Å². The molecule has 1 rings (SSSR count). The van der Waals surface area contributed by atoms with Gasteiger partial charge in [0.2, 0.25) is 0 Å². The number of nitrogens with two attached hydrogens (primary N) is 1. The first-order valence-corrected chi connectivity index (χ1v) is 4.66. The standard InChI is InChI=1S/C9H18N4O/c1-9(2,3)8-11-7(6(14)5-10)13(4)12-8/h6,14H,5,10H2,1-4H3. The van der Waals surface area contributed by atoms with E-state index >= 15 is 0 Å². The van der Waals surface area contributed by atoms with Crippen LogP contribution < -0.4 is 5.73 Å². The molecule has 0 spiro atoms. The van der Waals surface area contributed by atoms with E-state index in [1.807, 2.05) is 20.8 Å². The molecule has 0 saturated heterocycles. The van der Waals surface area contributed by atoms with Crippen LogP contribution in [0, 0.1) is 0 Å². The maximum absolute atomic E-state index is 9.54. The van der Waals surface area contributed by atoms with Gasteiger partial charge in [-0.3, -0.25) is 4.68 Å². The van der Waals surface area contributed by atoms with E-state index in [0.29, 0.717) is 5.82 Å². The van der Waals surface area contributed by atoms with E-state index in [9.17, 15) is 5.11 Å². The molecule has 14 heavy (non-hydrogen) atoms. The highest BCUT2D eigenvalue weighted by Crippen LogP contribution is 2.20. The molecular weight excluding hydrogens is 180 g/mol. The molecule has 80 valence electrons. The first-order chi connectivity index (χ1) is 6.36. The van der Waals surface area contributed by atoms with Crippen molar-refractivity contribution >= 4 is 0 Å². The van der Waals surface area contributed by atoms with E-state index in [-0.39, 0.29) is 12.0 Å². The summed E-state index contributed by atoms with van der Waals surface area (Å²) in [5.41, 5.74) is 5.25. The van der Waals surface area contributed by atoms with Gasteiger partial charge < -0.3 is 10.8 Å². The maximum atomic E-state index is 9.54. The third kappa shape index (κ3) is 2.10. The average molecular weight is 198 g/mol. The third-order valence-corrected chi connectivity index (χ3v) is 1.99. The second-order valence-corrected chi connectivity index (χ2v) is 4.42. The summed E-state index contributed by atoms with van der Waals surface area (Å²) in [4.78, 5) is 4.27. The number of hydrogen-bond donors (Lipinski definition) is 2. The van der Waals surface area contributed by atoms with Gasteiger partial charge in [0.25, 0.3) is 0 Å². The van der Waals surface area contributed by atoms with Gasteiger partial charge in [0.15, 0.2) is 11.6 Å². The molecule has 1 aromatic heterocycles. The number of rotatable bonds is 2. The van der Waals surface area contributed by atoms with Crippen LogP contribution in [0.5, 0.6) is 0 Å². The van der Waals surface area contributed by atoms with Gasteiger partial charge in [-0.15, -0.1) is 0 Å². The van der Waals surface area contributed by atoms with Gasteiger partial charge in [0.1, 0.15) is 6.10 Å². The maximum Gasteiger partial charge on any atom is 0.157 e. The average Bonchev–Trinajstić information content (AvgIpc) is 2.45. The number of aliphatic hydroxyl groups is 1. The molecule has 0 saturated carbocycles. The monoisotopic (exact) mass is 198 g/mol. The Bertz CT molecular complexity index is 313. The zero-order chi connectivity index (χ0) is 10.9. The van der Waals surface area contributed by atoms with Crippen LogP contribution in [0.15, 0.2) is 0 Å². The van der Waals surface area contributed by atoms with Gasteiger partial charge in [-0.25, -0.2) is 4.98 Å². The van der Waals surface area contributed by atoms with E-state index in [2.05, 4.69) is 10.1 Å². The summed E-state index contributed by atoms with van der Waals surface area (Å²) in [7, 11) is 1.76. The van der Waals surface area contributed by atoms with Crippen LogP contribution in [0.25, 0.3) is 0 Å². The molecule has 0 radical (unpaired) electrons. The first-order valence-electron chi connectivity index (χ1n) is 4.66. The molecule has 0 amide bonds. The van der Waals surface area contributed by atoms with E-state index in [1.165, 1.54) is 0 Å². The minimum absolute atomic E-state index is 0.107. The Morgan fingerprint density at radius 3 is 2.43 bits per heavy atom.